The Morgan fingerprint density at radius 1 is 1.00 bits per heavy atom. The highest BCUT2D eigenvalue weighted by Crippen LogP contribution is 2.23. The lowest BCUT2D eigenvalue weighted by Gasteiger charge is -2.08. The largest absolute Gasteiger partial charge is 0.366 e. The molecule has 1 heterocycles. The van der Waals surface area contributed by atoms with Crippen LogP contribution in [0.5, 0.6) is 0 Å². The Morgan fingerprint density at radius 3 is 2.64 bits per heavy atom. The average molecular weight is 378 g/mol. The van der Waals surface area contributed by atoms with Crippen LogP contribution in [0.2, 0.25) is 5.02 Å². The maximum atomic E-state index is 13.2. The Morgan fingerprint density at radius 2 is 1.84 bits per heavy atom. The monoisotopic (exact) mass is 377 g/mol. The number of hydrogen-bond acceptors (Lipinski definition) is 4. The van der Waals surface area contributed by atoms with Gasteiger partial charge in [0.15, 0.2) is 11.6 Å². The van der Waals surface area contributed by atoms with E-state index in [1.807, 2.05) is 24.3 Å². The maximum absolute atomic E-state index is 13.2. The first kappa shape index (κ1) is 17.6. The maximum Gasteiger partial charge on any atom is 0.159 e. The fourth-order valence-electron chi connectivity index (χ4n) is 2.13. The normalized spacial score (nSPS) is 10.7. The second-order valence-corrected chi connectivity index (χ2v) is 6.63. The topological polar surface area (TPSA) is 37.8 Å². The molecule has 0 spiro atoms. The molecule has 0 radical (unpaired) electrons. The molecule has 128 valence electrons. The summed E-state index contributed by atoms with van der Waals surface area (Å²) in [4.78, 5) is 8.36. The number of rotatable bonds is 6. The second kappa shape index (κ2) is 8.27. The van der Waals surface area contributed by atoms with Crippen molar-refractivity contribution in [1.29, 1.82) is 0 Å². The molecule has 7 heteroatoms. The summed E-state index contributed by atoms with van der Waals surface area (Å²) in [6.45, 7) is 0.546. The zero-order chi connectivity index (χ0) is 17.6. The summed E-state index contributed by atoms with van der Waals surface area (Å²) >= 11 is 7.55. The van der Waals surface area contributed by atoms with Gasteiger partial charge in [-0.2, -0.15) is 0 Å². The van der Waals surface area contributed by atoms with Gasteiger partial charge in [0.2, 0.25) is 0 Å². The molecular formula is C18H14ClF2N3S. The van der Waals surface area contributed by atoms with E-state index in [-0.39, 0.29) is 0 Å². The molecule has 0 amide bonds. The van der Waals surface area contributed by atoms with E-state index in [1.165, 1.54) is 24.2 Å². The van der Waals surface area contributed by atoms with Crippen LogP contribution in [0.15, 0.2) is 59.9 Å². The van der Waals surface area contributed by atoms with Crippen molar-refractivity contribution in [3.63, 3.8) is 0 Å². The van der Waals surface area contributed by atoms with Gasteiger partial charge in [-0.05, 0) is 29.3 Å². The van der Waals surface area contributed by atoms with Crippen LogP contribution in [0.3, 0.4) is 0 Å². The molecule has 0 saturated heterocycles. The van der Waals surface area contributed by atoms with Gasteiger partial charge in [-0.25, -0.2) is 18.7 Å². The van der Waals surface area contributed by atoms with Gasteiger partial charge < -0.3 is 5.32 Å². The lowest BCUT2D eigenvalue weighted by Crippen LogP contribution is -2.02. The molecule has 0 aliphatic heterocycles. The van der Waals surface area contributed by atoms with Crippen LogP contribution < -0.4 is 5.32 Å². The van der Waals surface area contributed by atoms with Crippen molar-refractivity contribution in [2.75, 3.05) is 5.32 Å². The number of hydrogen-bond donors (Lipinski definition) is 1. The van der Waals surface area contributed by atoms with Crippen molar-refractivity contribution in [3.8, 4) is 0 Å². The van der Waals surface area contributed by atoms with Gasteiger partial charge in [0.1, 0.15) is 17.2 Å². The van der Waals surface area contributed by atoms with Crippen molar-refractivity contribution < 1.29 is 8.78 Å². The summed E-state index contributed by atoms with van der Waals surface area (Å²) in [5.74, 6) is -0.537. The van der Waals surface area contributed by atoms with E-state index in [1.54, 1.807) is 12.1 Å². The minimum Gasteiger partial charge on any atom is -0.366 e. The van der Waals surface area contributed by atoms with Crippen molar-refractivity contribution in [2.45, 2.75) is 17.3 Å². The van der Waals surface area contributed by atoms with Gasteiger partial charge in [-0.1, -0.05) is 35.9 Å². The van der Waals surface area contributed by atoms with E-state index < -0.39 is 11.6 Å². The van der Waals surface area contributed by atoms with Crippen LogP contribution in [0.1, 0.15) is 11.1 Å². The lowest BCUT2D eigenvalue weighted by atomic mass is 10.2. The van der Waals surface area contributed by atoms with Crippen molar-refractivity contribution in [3.05, 3.63) is 82.6 Å². The summed E-state index contributed by atoms with van der Waals surface area (Å²) in [6.07, 6.45) is 1.46. The van der Waals surface area contributed by atoms with Gasteiger partial charge in [0.25, 0.3) is 0 Å². The van der Waals surface area contributed by atoms with E-state index in [0.29, 0.717) is 28.7 Å². The molecule has 0 bridgehead atoms. The van der Waals surface area contributed by atoms with Gasteiger partial charge >= 0.3 is 0 Å². The number of anilines is 1. The quantitative estimate of drug-likeness (QED) is 0.466. The molecule has 2 aromatic carbocycles. The minimum absolute atomic E-state index is 0.484. The van der Waals surface area contributed by atoms with Crippen LogP contribution in [0.25, 0.3) is 0 Å². The first-order valence-electron chi connectivity index (χ1n) is 7.48. The number of thioether (sulfide) groups is 1. The minimum atomic E-state index is -0.846. The summed E-state index contributed by atoms with van der Waals surface area (Å²) in [7, 11) is 0. The highest BCUT2D eigenvalue weighted by atomic mass is 35.5. The zero-order valence-electron chi connectivity index (χ0n) is 13.0. The summed E-state index contributed by atoms with van der Waals surface area (Å²) < 4.78 is 26.2. The van der Waals surface area contributed by atoms with E-state index in [0.717, 1.165) is 16.7 Å². The number of halogens is 3. The molecule has 0 aliphatic rings. The SMILES string of the molecule is Fc1ccc(CSc2cc(NCc3ccccc3Cl)ncn2)cc1F. The molecule has 0 atom stereocenters. The fraction of sp³-hybridized carbons (Fsp3) is 0.111. The third-order valence-electron chi connectivity index (χ3n) is 3.43. The first-order chi connectivity index (χ1) is 12.1. The van der Waals surface area contributed by atoms with Crippen LogP contribution in [-0.2, 0) is 12.3 Å². The van der Waals surface area contributed by atoms with E-state index in [9.17, 15) is 8.78 Å². The van der Waals surface area contributed by atoms with E-state index in [4.69, 9.17) is 11.6 Å². The third kappa shape index (κ3) is 4.90. The van der Waals surface area contributed by atoms with Crippen LogP contribution >= 0.6 is 23.4 Å². The number of aromatic nitrogens is 2. The zero-order valence-corrected chi connectivity index (χ0v) is 14.6. The van der Waals surface area contributed by atoms with E-state index >= 15 is 0 Å². The molecule has 1 aromatic heterocycles. The molecule has 0 saturated carbocycles. The van der Waals surface area contributed by atoms with Crippen molar-refractivity contribution >= 4 is 29.2 Å². The average Bonchev–Trinajstić information content (AvgIpc) is 2.62. The van der Waals surface area contributed by atoms with Crippen molar-refractivity contribution in [2.24, 2.45) is 0 Å². The Balaban J connectivity index is 1.61. The van der Waals surface area contributed by atoms with Crippen molar-refractivity contribution in [1.82, 2.24) is 9.97 Å². The molecule has 3 rings (SSSR count). The van der Waals surface area contributed by atoms with Gasteiger partial charge in [-0.3, -0.25) is 0 Å². The smallest absolute Gasteiger partial charge is 0.159 e. The van der Waals surface area contributed by atoms with Gasteiger partial charge in [0, 0.05) is 23.4 Å². The molecule has 0 fully saturated rings. The number of nitrogens with zero attached hydrogens (tertiary/aromatic N) is 2. The fourth-order valence-corrected chi connectivity index (χ4v) is 3.14. The molecule has 3 aromatic rings. The number of benzene rings is 2. The molecule has 0 aliphatic carbocycles. The molecule has 25 heavy (non-hydrogen) atoms. The third-order valence-corrected chi connectivity index (χ3v) is 4.80. The predicted molar refractivity (Wildman–Crippen MR) is 96.7 cm³/mol. The summed E-state index contributed by atoms with van der Waals surface area (Å²) in [5, 5.41) is 4.63. The lowest BCUT2D eigenvalue weighted by molar-refractivity contribution is 0.507. The Kier molecular flexibility index (Phi) is 5.83. The van der Waals surface area contributed by atoms with Gasteiger partial charge in [-0.15, -0.1) is 11.8 Å². The van der Waals surface area contributed by atoms with Crippen LogP contribution in [0.4, 0.5) is 14.6 Å². The molecular weight excluding hydrogens is 364 g/mol. The van der Waals surface area contributed by atoms with Crippen LogP contribution in [0, 0.1) is 11.6 Å². The number of nitrogens with one attached hydrogen (secondary N) is 1. The first-order valence-corrected chi connectivity index (χ1v) is 8.84. The van der Waals surface area contributed by atoms with Crippen LogP contribution in [-0.4, -0.2) is 9.97 Å². The summed E-state index contributed by atoms with van der Waals surface area (Å²) in [5.41, 5.74) is 1.66. The van der Waals surface area contributed by atoms with Gasteiger partial charge in [0.05, 0.1) is 0 Å². The Bertz CT molecular complexity index is 876. The predicted octanol–water partition coefficient (Wildman–Crippen LogP) is 5.31. The Hall–Kier alpha value is -2.18. The second-order valence-electron chi connectivity index (χ2n) is 5.22. The standard InChI is InChI=1S/C18H14ClF2N3S/c19-14-4-2-1-3-13(14)9-22-17-8-18(24-11-23-17)25-10-12-5-6-15(20)16(21)7-12/h1-8,11H,9-10H2,(H,22,23,24). The van der Waals surface area contributed by atoms with E-state index in [2.05, 4.69) is 15.3 Å². The molecule has 3 nitrogen and oxygen atoms in total. The highest BCUT2D eigenvalue weighted by Gasteiger charge is 2.05. The summed E-state index contributed by atoms with van der Waals surface area (Å²) in [6, 6.07) is 13.3. The Labute approximate surface area is 153 Å². The molecule has 1 N–H and O–H groups in total. The molecule has 0 unspecified atom stereocenters. The highest BCUT2D eigenvalue weighted by molar-refractivity contribution is 7.98.